The van der Waals surface area contributed by atoms with Gasteiger partial charge in [-0.2, -0.15) is 0 Å². The maximum absolute atomic E-state index is 11.4. The van der Waals surface area contributed by atoms with Crippen LogP contribution in [0.2, 0.25) is 0 Å². The van der Waals surface area contributed by atoms with Crippen molar-refractivity contribution in [2.24, 2.45) is 4.99 Å². The van der Waals surface area contributed by atoms with Gasteiger partial charge in [-0.1, -0.05) is 48.5 Å². The minimum absolute atomic E-state index is 0.0801. The molecule has 4 heteroatoms. The minimum Gasteiger partial charge on any atom is -0.468 e. The number of aliphatic imine (C=N–C) groups is 1. The first-order chi connectivity index (χ1) is 11.8. The Bertz CT molecular complexity index is 738. The van der Waals surface area contributed by atoms with Crippen molar-refractivity contribution in [3.8, 4) is 0 Å². The van der Waals surface area contributed by atoms with Crippen LogP contribution < -0.4 is 0 Å². The Morgan fingerprint density at radius 3 is 2.46 bits per heavy atom. The van der Waals surface area contributed by atoms with E-state index in [0.717, 1.165) is 12.0 Å². The normalized spacial score (nSPS) is 19.8. The van der Waals surface area contributed by atoms with E-state index in [4.69, 9.17) is 9.73 Å². The van der Waals surface area contributed by atoms with Crippen LogP contribution >= 0.6 is 0 Å². The second-order valence-corrected chi connectivity index (χ2v) is 5.52. The lowest BCUT2D eigenvalue weighted by molar-refractivity contribution is -0.134. The predicted octanol–water partition coefficient (Wildman–Crippen LogP) is 3.17. The van der Waals surface area contributed by atoms with E-state index in [1.54, 1.807) is 6.08 Å². The molecule has 0 unspecified atom stereocenters. The zero-order chi connectivity index (χ0) is 16.8. The molecule has 0 saturated heterocycles. The number of hydrogen-bond donors (Lipinski definition) is 0. The highest BCUT2D eigenvalue weighted by atomic mass is 16.5. The number of esters is 1. The lowest BCUT2D eigenvalue weighted by atomic mass is 10.0. The highest BCUT2D eigenvalue weighted by molar-refractivity contribution is 5.95. The van der Waals surface area contributed by atoms with E-state index in [1.165, 1.54) is 18.7 Å². The summed E-state index contributed by atoms with van der Waals surface area (Å²) in [5, 5.41) is 0. The highest BCUT2D eigenvalue weighted by Crippen LogP contribution is 2.22. The summed E-state index contributed by atoms with van der Waals surface area (Å²) in [4.78, 5) is 16.1. The van der Waals surface area contributed by atoms with E-state index in [9.17, 15) is 4.79 Å². The summed E-state index contributed by atoms with van der Waals surface area (Å²) in [5.74, 6) is 0.210. The van der Waals surface area contributed by atoms with Crippen LogP contribution in [0.4, 0.5) is 0 Å². The third kappa shape index (κ3) is 3.90. The number of nitrogens with zero attached hydrogens (tertiary/aromatic N) is 1. The molecular weight excluding hydrogens is 302 g/mol. The van der Waals surface area contributed by atoms with E-state index in [2.05, 4.69) is 16.9 Å². The fourth-order valence-electron chi connectivity index (χ4n) is 2.61. The first kappa shape index (κ1) is 16.0. The van der Waals surface area contributed by atoms with Gasteiger partial charge in [-0.15, -0.1) is 0 Å². The third-order valence-electron chi connectivity index (χ3n) is 3.84. The number of methoxy groups -OCH3 is 1. The van der Waals surface area contributed by atoms with Gasteiger partial charge in [0.1, 0.15) is 6.10 Å². The predicted molar refractivity (Wildman–Crippen MR) is 92.9 cm³/mol. The fourth-order valence-corrected chi connectivity index (χ4v) is 2.61. The van der Waals surface area contributed by atoms with Crippen molar-refractivity contribution in [1.82, 2.24) is 0 Å². The second kappa shape index (κ2) is 7.59. The van der Waals surface area contributed by atoms with Gasteiger partial charge in [0, 0.05) is 11.6 Å². The van der Waals surface area contributed by atoms with Crippen LogP contribution in [0.15, 0.2) is 77.8 Å². The molecule has 0 aliphatic carbocycles. The van der Waals surface area contributed by atoms with Crippen LogP contribution in [0.5, 0.6) is 0 Å². The molecule has 0 spiro atoms. The molecule has 4 nitrogen and oxygen atoms in total. The van der Waals surface area contributed by atoms with Crippen LogP contribution in [0, 0.1) is 0 Å². The van der Waals surface area contributed by atoms with E-state index in [-0.39, 0.29) is 12.1 Å². The van der Waals surface area contributed by atoms with Crippen LogP contribution in [-0.4, -0.2) is 31.1 Å². The van der Waals surface area contributed by atoms with Gasteiger partial charge in [0.2, 0.25) is 5.90 Å². The smallest absolute Gasteiger partial charge is 0.330 e. The van der Waals surface area contributed by atoms with Gasteiger partial charge in [-0.25, -0.2) is 9.79 Å². The summed E-state index contributed by atoms with van der Waals surface area (Å²) in [6.07, 6.45) is 3.57. The molecule has 2 aromatic carbocycles. The Kier molecular flexibility index (Phi) is 5.06. The molecule has 1 heterocycles. The average Bonchev–Trinajstić information content (AvgIpc) is 3.04. The van der Waals surface area contributed by atoms with Gasteiger partial charge in [0.25, 0.3) is 0 Å². The fraction of sp³-hybridized carbons (Fsp3) is 0.200. The van der Waals surface area contributed by atoms with Crippen molar-refractivity contribution in [2.75, 3.05) is 7.11 Å². The molecule has 0 bridgehead atoms. The van der Waals surface area contributed by atoms with Gasteiger partial charge < -0.3 is 9.47 Å². The van der Waals surface area contributed by atoms with Gasteiger partial charge in [-0.3, -0.25) is 0 Å². The SMILES string of the molecule is COC(=O)/C=C/[C@@H]1OC(c2ccccc2)=N[C@H]1Cc1ccccc1. The number of carbonyl (C=O) groups excluding carboxylic acids is 1. The summed E-state index contributed by atoms with van der Waals surface area (Å²) in [6.45, 7) is 0. The lowest BCUT2D eigenvalue weighted by Gasteiger charge is -2.14. The molecule has 0 amide bonds. The molecule has 24 heavy (non-hydrogen) atoms. The Morgan fingerprint density at radius 2 is 1.79 bits per heavy atom. The lowest BCUT2D eigenvalue weighted by Crippen LogP contribution is -2.23. The second-order valence-electron chi connectivity index (χ2n) is 5.52. The maximum Gasteiger partial charge on any atom is 0.330 e. The number of hydrogen-bond acceptors (Lipinski definition) is 4. The van der Waals surface area contributed by atoms with Crippen molar-refractivity contribution < 1.29 is 14.3 Å². The molecule has 0 fully saturated rings. The number of rotatable bonds is 5. The van der Waals surface area contributed by atoms with Gasteiger partial charge in [-0.05, 0) is 30.2 Å². The molecule has 1 aliphatic heterocycles. The molecule has 2 atom stereocenters. The minimum atomic E-state index is -0.398. The van der Waals surface area contributed by atoms with Crippen molar-refractivity contribution in [3.63, 3.8) is 0 Å². The summed E-state index contributed by atoms with van der Waals surface area (Å²) in [6, 6.07) is 19.8. The summed E-state index contributed by atoms with van der Waals surface area (Å²) < 4.78 is 10.6. The molecule has 1 aliphatic rings. The van der Waals surface area contributed by atoms with Crippen molar-refractivity contribution in [1.29, 1.82) is 0 Å². The summed E-state index contributed by atoms with van der Waals surface area (Å²) in [5.41, 5.74) is 2.12. The number of benzene rings is 2. The van der Waals surface area contributed by atoms with Crippen LogP contribution in [0.25, 0.3) is 0 Å². The molecule has 122 valence electrons. The molecule has 2 aromatic rings. The monoisotopic (exact) mass is 321 g/mol. The van der Waals surface area contributed by atoms with Crippen LogP contribution in [-0.2, 0) is 20.7 Å². The Morgan fingerprint density at radius 1 is 1.12 bits per heavy atom. The highest BCUT2D eigenvalue weighted by Gasteiger charge is 2.30. The average molecular weight is 321 g/mol. The number of carbonyl (C=O) groups is 1. The first-order valence-corrected chi connectivity index (χ1v) is 7.86. The summed E-state index contributed by atoms with van der Waals surface area (Å²) in [7, 11) is 1.36. The zero-order valence-corrected chi connectivity index (χ0v) is 13.5. The van der Waals surface area contributed by atoms with Crippen molar-refractivity contribution in [3.05, 3.63) is 83.9 Å². The standard InChI is InChI=1S/C20H19NO3/c1-23-19(22)13-12-18-17(14-15-8-4-2-5-9-15)21-20(24-18)16-10-6-3-7-11-16/h2-13,17-18H,14H2,1H3/b13-12+/t17-,18-/m0/s1. The largest absolute Gasteiger partial charge is 0.468 e. The molecule has 0 aromatic heterocycles. The van der Waals surface area contributed by atoms with E-state index in [1.807, 2.05) is 48.5 Å². The van der Waals surface area contributed by atoms with Gasteiger partial charge >= 0.3 is 5.97 Å². The first-order valence-electron chi connectivity index (χ1n) is 7.86. The molecular formula is C20H19NO3. The van der Waals surface area contributed by atoms with E-state index in [0.29, 0.717) is 5.90 Å². The maximum atomic E-state index is 11.4. The molecule has 0 saturated carbocycles. The Balaban J connectivity index is 1.82. The van der Waals surface area contributed by atoms with Crippen molar-refractivity contribution >= 4 is 11.9 Å². The van der Waals surface area contributed by atoms with Crippen molar-refractivity contribution in [2.45, 2.75) is 18.6 Å². The third-order valence-corrected chi connectivity index (χ3v) is 3.84. The number of ether oxygens (including phenoxy) is 2. The summed E-state index contributed by atoms with van der Waals surface area (Å²) >= 11 is 0. The van der Waals surface area contributed by atoms with Crippen LogP contribution in [0.1, 0.15) is 11.1 Å². The topological polar surface area (TPSA) is 47.9 Å². The molecule has 0 radical (unpaired) electrons. The van der Waals surface area contributed by atoms with Gasteiger partial charge in [0.15, 0.2) is 0 Å². The zero-order valence-electron chi connectivity index (χ0n) is 13.5. The van der Waals surface area contributed by atoms with E-state index >= 15 is 0 Å². The molecule has 3 rings (SSSR count). The van der Waals surface area contributed by atoms with E-state index < -0.39 is 5.97 Å². The molecule has 0 N–H and O–H groups in total. The van der Waals surface area contributed by atoms with Gasteiger partial charge in [0.05, 0.1) is 13.2 Å². The Hall–Kier alpha value is -2.88. The quantitative estimate of drug-likeness (QED) is 0.628. The van der Waals surface area contributed by atoms with Crippen LogP contribution in [0.3, 0.4) is 0 Å². The Labute approximate surface area is 141 Å².